The number of carbonyl (C=O) groups excluding carboxylic acids is 1. The summed E-state index contributed by atoms with van der Waals surface area (Å²) in [4.78, 5) is 16.3. The molecule has 0 heterocycles. The summed E-state index contributed by atoms with van der Waals surface area (Å²) in [6, 6.07) is 12.9. The molecule has 3 N–H and O–H groups in total. The summed E-state index contributed by atoms with van der Waals surface area (Å²) in [7, 11) is 0. The molecule has 2 atom stereocenters. The summed E-state index contributed by atoms with van der Waals surface area (Å²) in [5.41, 5.74) is 9.97. The molecule has 1 aliphatic carbocycles. The molecule has 0 amide bonds. The maximum Gasteiger partial charge on any atom is 0.306 e. The SMILES string of the molecule is CC1(C)CCC(C)(CCCOC(=O)CC(/C(F)=C/N=CN)c2ccc(O)cc2)c2cc(CBr)ccc21. The molecule has 2 aromatic carbocycles. The highest BCUT2D eigenvalue weighted by Gasteiger charge is 2.39. The van der Waals surface area contributed by atoms with Crippen LogP contribution in [0.2, 0.25) is 0 Å². The van der Waals surface area contributed by atoms with Crippen molar-refractivity contribution in [2.75, 3.05) is 6.61 Å². The molecule has 0 aromatic heterocycles. The van der Waals surface area contributed by atoms with Crippen LogP contribution in [-0.2, 0) is 25.7 Å². The van der Waals surface area contributed by atoms with Crippen LogP contribution in [0, 0.1) is 0 Å². The van der Waals surface area contributed by atoms with Crippen LogP contribution in [-0.4, -0.2) is 24.0 Å². The number of nitrogens with zero attached hydrogens (tertiary/aromatic N) is 1. The number of allylic oxidation sites excluding steroid dienone is 1. The standard InChI is InChI=1S/C29H36BrFN2O3/c1-28(2)12-13-29(3,25-15-20(17-30)5-10-24(25)28)11-4-14-36-27(35)16-23(26(31)18-33-19-32)21-6-8-22(34)9-7-21/h5-10,15,18-19,23,34H,4,11-14,16-17H2,1-3H3,(H2,32,33)/b26-18-. The van der Waals surface area contributed by atoms with Crippen LogP contribution < -0.4 is 5.73 Å². The average molecular weight is 560 g/mol. The Bertz CT molecular complexity index is 1110. The van der Waals surface area contributed by atoms with E-state index in [9.17, 15) is 14.3 Å². The number of phenolic OH excluding ortho intramolecular Hbond substituents is 1. The molecule has 2 aromatic rings. The number of aliphatic imine (C=N–C) groups is 1. The summed E-state index contributed by atoms with van der Waals surface area (Å²) in [5, 5.41) is 10.4. The van der Waals surface area contributed by atoms with Gasteiger partial charge in [-0.15, -0.1) is 0 Å². The van der Waals surface area contributed by atoms with Gasteiger partial charge in [-0.3, -0.25) is 4.79 Å². The largest absolute Gasteiger partial charge is 0.508 e. The van der Waals surface area contributed by atoms with E-state index in [0.29, 0.717) is 5.56 Å². The van der Waals surface area contributed by atoms with Crippen LogP contribution in [0.5, 0.6) is 5.75 Å². The van der Waals surface area contributed by atoms with E-state index < -0.39 is 17.7 Å². The number of ether oxygens (including phenoxy) is 1. The first-order chi connectivity index (χ1) is 17.1. The number of hydrogen-bond donors (Lipinski definition) is 2. The summed E-state index contributed by atoms with van der Waals surface area (Å²) >= 11 is 3.58. The van der Waals surface area contributed by atoms with E-state index in [1.807, 2.05) is 0 Å². The minimum atomic E-state index is -0.866. The third kappa shape index (κ3) is 6.75. The van der Waals surface area contributed by atoms with Gasteiger partial charge in [0, 0.05) is 11.2 Å². The van der Waals surface area contributed by atoms with Crippen LogP contribution in [0.25, 0.3) is 0 Å². The number of halogens is 2. The Hall–Kier alpha value is -2.67. The summed E-state index contributed by atoms with van der Waals surface area (Å²) in [5.74, 6) is -1.88. The Balaban J connectivity index is 1.64. The number of hydrogen-bond acceptors (Lipinski definition) is 4. The zero-order chi connectivity index (χ0) is 26.3. The van der Waals surface area contributed by atoms with E-state index in [1.54, 1.807) is 12.1 Å². The monoisotopic (exact) mass is 558 g/mol. The molecular formula is C29H36BrFN2O3. The zero-order valence-corrected chi connectivity index (χ0v) is 22.9. The summed E-state index contributed by atoms with van der Waals surface area (Å²) in [6.45, 7) is 7.19. The quantitative estimate of drug-likeness (QED) is 0.109. The van der Waals surface area contributed by atoms with Crippen molar-refractivity contribution in [3.63, 3.8) is 0 Å². The van der Waals surface area contributed by atoms with Crippen molar-refractivity contribution in [3.05, 3.63) is 76.7 Å². The smallest absolute Gasteiger partial charge is 0.306 e. The first kappa shape index (κ1) is 27.9. The van der Waals surface area contributed by atoms with Crippen LogP contribution >= 0.6 is 15.9 Å². The second-order valence-electron chi connectivity index (χ2n) is 10.4. The normalized spacial score (nSPS) is 20.2. The molecule has 2 unspecified atom stereocenters. The van der Waals surface area contributed by atoms with E-state index in [-0.39, 0.29) is 29.6 Å². The molecule has 0 aliphatic heterocycles. The Kier molecular flexibility index (Phi) is 9.34. The van der Waals surface area contributed by atoms with Crippen molar-refractivity contribution in [1.29, 1.82) is 0 Å². The van der Waals surface area contributed by atoms with Gasteiger partial charge in [-0.05, 0) is 70.9 Å². The predicted molar refractivity (Wildman–Crippen MR) is 146 cm³/mol. The Labute approximate surface area is 221 Å². The predicted octanol–water partition coefficient (Wildman–Crippen LogP) is 6.91. The van der Waals surface area contributed by atoms with Crippen molar-refractivity contribution < 1.29 is 19.0 Å². The summed E-state index contributed by atoms with van der Waals surface area (Å²) < 4.78 is 20.3. The maximum absolute atomic E-state index is 14.8. The molecule has 0 saturated heterocycles. The average Bonchev–Trinajstić information content (AvgIpc) is 2.87. The molecule has 0 spiro atoms. The van der Waals surface area contributed by atoms with E-state index >= 15 is 0 Å². The number of alkyl halides is 1. The van der Waals surface area contributed by atoms with Gasteiger partial charge < -0.3 is 15.6 Å². The van der Waals surface area contributed by atoms with Crippen LogP contribution in [0.4, 0.5) is 4.39 Å². The number of carbonyl (C=O) groups is 1. The van der Waals surface area contributed by atoms with Gasteiger partial charge in [-0.25, -0.2) is 9.38 Å². The first-order valence-corrected chi connectivity index (χ1v) is 13.4. The molecule has 0 bridgehead atoms. The highest BCUT2D eigenvalue weighted by Crippen LogP contribution is 2.48. The fourth-order valence-electron chi connectivity index (χ4n) is 5.04. The van der Waals surface area contributed by atoms with Crippen molar-refractivity contribution in [1.82, 2.24) is 0 Å². The third-order valence-corrected chi connectivity index (χ3v) is 7.99. The Morgan fingerprint density at radius 3 is 2.58 bits per heavy atom. The number of rotatable bonds is 10. The van der Waals surface area contributed by atoms with Crippen LogP contribution in [0.1, 0.15) is 81.0 Å². The molecule has 0 saturated carbocycles. The van der Waals surface area contributed by atoms with Gasteiger partial charge in [0.2, 0.25) is 0 Å². The molecule has 3 rings (SSSR count). The molecule has 194 valence electrons. The van der Waals surface area contributed by atoms with Gasteiger partial charge in [0.25, 0.3) is 0 Å². The lowest BCUT2D eigenvalue weighted by Crippen LogP contribution is -2.36. The lowest BCUT2D eigenvalue weighted by Gasteiger charge is -2.44. The van der Waals surface area contributed by atoms with Gasteiger partial charge in [0.05, 0.1) is 25.6 Å². The number of esters is 1. The topological polar surface area (TPSA) is 84.9 Å². The molecule has 0 fully saturated rings. The van der Waals surface area contributed by atoms with Crippen molar-refractivity contribution >= 4 is 28.2 Å². The number of benzene rings is 2. The number of phenols is 1. The number of fused-ring (bicyclic) bond motifs is 1. The minimum Gasteiger partial charge on any atom is -0.508 e. The molecule has 0 radical (unpaired) electrons. The Morgan fingerprint density at radius 1 is 1.19 bits per heavy atom. The van der Waals surface area contributed by atoms with Gasteiger partial charge in [0.15, 0.2) is 0 Å². The first-order valence-electron chi connectivity index (χ1n) is 12.3. The molecule has 7 heteroatoms. The van der Waals surface area contributed by atoms with Crippen LogP contribution in [0.15, 0.2) is 59.5 Å². The van der Waals surface area contributed by atoms with Crippen LogP contribution in [0.3, 0.4) is 0 Å². The zero-order valence-electron chi connectivity index (χ0n) is 21.3. The lowest BCUT2D eigenvalue weighted by atomic mass is 9.61. The highest BCUT2D eigenvalue weighted by molar-refractivity contribution is 9.08. The Morgan fingerprint density at radius 2 is 1.92 bits per heavy atom. The minimum absolute atomic E-state index is 0.0130. The fourth-order valence-corrected chi connectivity index (χ4v) is 5.39. The molecule has 36 heavy (non-hydrogen) atoms. The fraction of sp³-hybridized carbons (Fsp3) is 0.448. The van der Waals surface area contributed by atoms with Crippen molar-refractivity contribution in [3.8, 4) is 5.75 Å². The lowest BCUT2D eigenvalue weighted by molar-refractivity contribution is -0.144. The van der Waals surface area contributed by atoms with E-state index in [0.717, 1.165) is 43.6 Å². The van der Waals surface area contributed by atoms with Gasteiger partial charge in [-0.2, -0.15) is 0 Å². The second kappa shape index (κ2) is 12.0. The summed E-state index contributed by atoms with van der Waals surface area (Å²) in [6.07, 6.45) is 5.61. The third-order valence-electron chi connectivity index (χ3n) is 7.34. The van der Waals surface area contributed by atoms with Gasteiger partial charge >= 0.3 is 5.97 Å². The highest BCUT2D eigenvalue weighted by atomic mass is 79.9. The molecule has 5 nitrogen and oxygen atoms in total. The molecular weight excluding hydrogens is 523 g/mol. The molecule has 1 aliphatic rings. The van der Waals surface area contributed by atoms with Crippen molar-refractivity contribution in [2.45, 2.75) is 75.0 Å². The van der Waals surface area contributed by atoms with E-state index in [2.05, 4.69) is 59.9 Å². The van der Waals surface area contributed by atoms with Gasteiger partial charge in [-0.1, -0.05) is 67.0 Å². The second-order valence-corrected chi connectivity index (χ2v) is 11.0. The van der Waals surface area contributed by atoms with Crippen molar-refractivity contribution in [2.24, 2.45) is 10.7 Å². The number of nitrogens with two attached hydrogens (primary N) is 1. The number of aromatic hydroxyl groups is 1. The van der Waals surface area contributed by atoms with E-state index in [4.69, 9.17) is 10.5 Å². The van der Waals surface area contributed by atoms with Gasteiger partial charge in [0.1, 0.15) is 11.6 Å². The maximum atomic E-state index is 14.8. The van der Waals surface area contributed by atoms with E-state index in [1.165, 1.54) is 28.8 Å².